The molecule has 0 saturated heterocycles. The quantitative estimate of drug-likeness (QED) is 0.741. The van der Waals surface area contributed by atoms with Gasteiger partial charge in [0.2, 0.25) is 11.2 Å². The van der Waals surface area contributed by atoms with Crippen LogP contribution in [-0.4, -0.2) is 23.6 Å². The summed E-state index contributed by atoms with van der Waals surface area (Å²) in [6.45, 7) is 0. The summed E-state index contributed by atoms with van der Waals surface area (Å²) in [5.41, 5.74) is -0.661. The molecule has 0 atom stereocenters. The molecule has 1 aromatic heterocycles. The molecule has 0 aliphatic heterocycles. The third-order valence-corrected chi connectivity index (χ3v) is 3.65. The minimum Gasteiger partial charge on any atom is -0.475 e. The van der Waals surface area contributed by atoms with Gasteiger partial charge in [-0.1, -0.05) is 30.3 Å². The molecule has 1 heterocycles. The summed E-state index contributed by atoms with van der Waals surface area (Å²) in [5.74, 6) is -2.02. The SMILES string of the molecule is O=Cc1cccc(-c2c(C(=O)O)oc3ccccc3c2=O)c1C=O. The molecule has 6 heteroatoms. The zero-order valence-electron chi connectivity index (χ0n) is 12.2. The van der Waals surface area contributed by atoms with Crippen LogP contribution in [0.15, 0.2) is 51.7 Å². The Kier molecular flexibility index (Phi) is 3.79. The molecule has 0 saturated carbocycles. The lowest BCUT2D eigenvalue weighted by Crippen LogP contribution is -2.14. The van der Waals surface area contributed by atoms with Crippen molar-refractivity contribution in [2.24, 2.45) is 0 Å². The maximum Gasteiger partial charge on any atom is 0.372 e. The van der Waals surface area contributed by atoms with Crippen molar-refractivity contribution in [3.8, 4) is 11.1 Å². The van der Waals surface area contributed by atoms with Gasteiger partial charge in [0.15, 0.2) is 12.6 Å². The average molecular weight is 322 g/mol. The van der Waals surface area contributed by atoms with Gasteiger partial charge >= 0.3 is 5.97 Å². The first-order valence-electron chi connectivity index (χ1n) is 6.91. The Balaban J connectivity index is 2.51. The van der Waals surface area contributed by atoms with Gasteiger partial charge < -0.3 is 9.52 Å². The molecule has 0 spiro atoms. The molecule has 24 heavy (non-hydrogen) atoms. The number of carboxylic acid groups (broad SMARTS) is 1. The summed E-state index contributed by atoms with van der Waals surface area (Å²) >= 11 is 0. The van der Waals surface area contributed by atoms with Gasteiger partial charge in [-0.15, -0.1) is 0 Å². The first-order chi connectivity index (χ1) is 11.6. The van der Waals surface area contributed by atoms with Gasteiger partial charge in [0.25, 0.3) is 0 Å². The second-order valence-electron chi connectivity index (χ2n) is 4.98. The van der Waals surface area contributed by atoms with E-state index in [4.69, 9.17) is 4.42 Å². The third-order valence-electron chi connectivity index (χ3n) is 3.65. The van der Waals surface area contributed by atoms with E-state index in [0.29, 0.717) is 12.6 Å². The number of para-hydroxylation sites is 1. The van der Waals surface area contributed by atoms with E-state index < -0.39 is 17.2 Å². The summed E-state index contributed by atoms with van der Waals surface area (Å²) in [7, 11) is 0. The van der Waals surface area contributed by atoms with Crippen molar-refractivity contribution in [1.29, 1.82) is 0 Å². The lowest BCUT2D eigenvalue weighted by molar-refractivity contribution is 0.0664. The minimum atomic E-state index is -1.44. The van der Waals surface area contributed by atoms with E-state index in [1.165, 1.54) is 30.3 Å². The monoisotopic (exact) mass is 322 g/mol. The largest absolute Gasteiger partial charge is 0.475 e. The van der Waals surface area contributed by atoms with E-state index in [1.807, 2.05) is 0 Å². The van der Waals surface area contributed by atoms with E-state index in [-0.39, 0.29) is 33.2 Å². The minimum absolute atomic E-state index is 0.0477. The average Bonchev–Trinajstić information content (AvgIpc) is 2.60. The van der Waals surface area contributed by atoms with Gasteiger partial charge in [-0.25, -0.2) is 4.79 Å². The summed E-state index contributed by atoms with van der Waals surface area (Å²) in [6, 6.07) is 10.5. The molecule has 0 unspecified atom stereocenters. The van der Waals surface area contributed by atoms with Gasteiger partial charge in [0.05, 0.1) is 10.9 Å². The van der Waals surface area contributed by atoms with Gasteiger partial charge in [-0.2, -0.15) is 0 Å². The van der Waals surface area contributed by atoms with Crippen molar-refractivity contribution >= 4 is 29.5 Å². The summed E-state index contributed by atoms with van der Waals surface area (Å²) in [6.07, 6.45) is 0.885. The van der Waals surface area contributed by atoms with Crippen LogP contribution in [0.4, 0.5) is 0 Å². The molecule has 0 amide bonds. The first kappa shape index (κ1) is 15.4. The fraction of sp³-hybridized carbons (Fsp3) is 0. The van der Waals surface area contributed by atoms with Crippen LogP contribution in [0.25, 0.3) is 22.1 Å². The molecule has 3 rings (SSSR count). The lowest BCUT2D eigenvalue weighted by atomic mass is 9.94. The Bertz CT molecular complexity index is 1050. The number of carbonyl (C=O) groups excluding carboxylic acids is 2. The molecular weight excluding hydrogens is 312 g/mol. The highest BCUT2D eigenvalue weighted by atomic mass is 16.4. The number of benzene rings is 2. The number of rotatable bonds is 4. The molecule has 118 valence electrons. The Morgan fingerprint density at radius 2 is 1.75 bits per heavy atom. The number of fused-ring (bicyclic) bond motifs is 1. The van der Waals surface area contributed by atoms with Crippen molar-refractivity contribution in [2.75, 3.05) is 0 Å². The Morgan fingerprint density at radius 3 is 2.42 bits per heavy atom. The Labute approximate surface area is 135 Å². The van der Waals surface area contributed by atoms with Gasteiger partial charge in [-0.05, 0) is 12.1 Å². The van der Waals surface area contributed by atoms with E-state index in [2.05, 4.69) is 0 Å². The molecule has 1 N–H and O–H groups in total. The van der Waals surface area contributed by atoms with Crippen molar-refractivity contribution in [2.45, 2.75) is 0 Å². The highest BCUT2D eigenvalue weighted by Crippen LogP contribution is 2.28. The van der Waals surface area contributed by atoms with Gasteiger partial charge in [-0.3, -0.25) is 14.4 Å². The van der Waals surface area contributed by atoms with Crippen LogP contribution >= 0.6 is 0 Å². The summed E-state index contributed by atoms with van der Waals surface area (Å²) < 4.78 is 5.36. The standard InChI is InChI=1S/C18H10O6/c19-8-10-4-3-6-11(13(10)9-20)15-16(21)12-5-1-2-7-14(12)24-17(15)18(22)23/h1-9H,(H,22,23). The number of carboxylic acids is 1. The van der Waals surface area contributed by atoms with Crippen LogP contribution in [0.5, 0.6) is 0 Å². The van der Waals surface area contributed by atoms with E-state index in [1.54, 1.807) is 12.1 Å². The van der Waals surface area contributed by atoms with Crippen LogP contribution in [0.1, 0.15) is 31.3 Å². The predicted octanol–water partition coefficient (Wildman–Crippen LogP) is 2.78. The smallest absolute Gasteiger partial charge is 0.372 e. The molecule has 3 aromatic rings. The molecule has 0 bridgehead atoms. The predicted molar refractivity (Wildman–Crippen MR) is 85.7 cm³/mol. The van der Waals surface area contributed by atoms with Crippen LogP contribution in [-0.2, 0) is 0 Å². The van der Waals surface area contributed by atoms with Crippen LogP contribution in [0.2, 0.25) is 0 Å². The third kappa shape index (κ3) is 2.30. The molecule has 0 radical (unpaired) electrons. The van der Waals surface area contributed by atoms with Crippen molar-refractivity contribution < 1.29 is 23.9 Å². The lowest BCUT2D eigenvalue weighted by Gasteiger charge is -2.10. The number of hydrogen-bond acceptors (Lipinski definition) is 5. The summed E-state index contributed by atoms with van der Waals surface area (Å²) in [4.78, 5) is 46.9. The normalized spacial score (nSPS) is 10.5. The van der Waals surface area contributed by atoms with Crippen LogP contribution in [0, 0.1) is 0 Å². The molecule has 6 nitrogen and oxygen atoms in total. The van der Waals surface area contributed by atoms with Gasteiger partial charge in [0, 0.05) is 16.7 Å². The molecule has 0 fully saturated rings. The second-order valence-corrected chi connectivity index (χ2v) is 4.98. The first-order valence-corrected chi connectivity index (χ1v) is 6.91. The Hall–Kier alpha value is -3.54. The van der Waals surface area contributed by atoms with Crippen molar-refractivity contribution in [1.82, 2.24) is 0 Å². The fourth-order valence-corrected chi connectivity index (χ4v) is 2.57. The second kappa shape index (κ2) is 5.92. The fourth-order valence-electron chi connectivity index (χ4n) is 2.57. The number of hydrogen-bond donors (Lipinski definition) is 1. The maximum absolute atomic E-state index is 12.8. The molecule has 2 aromatic carbocycles. The van der Waals surface area contributed by atoms with Crippen LogP contribution in [0.3, 0.4) is 0 Å². The summed E-state index contributed by atoms with van der Waals surface area (Å²) in [5, 5.41) is 9.60. The van der Waals surface area contributed by atoms with Crippen molar-refractivity contribution in [3.63, 3.8) is 0 Å². The molecular formula is C18H10O6. The zero-order chi connectivity index (χ0) is 17.3. The van der Waals surface area contributed by atoms with E-state index in [0.717, 1.165) is 0 Å². The van der Waals surface area contributed by atoms with E-state index >= 15 is 0 Å². The van der Waals surface area contributed by atoms with E-state index in [9.17, 15) is 24.3 Å². The molecule has 0 aliphatic carbocycles. The van der Waals surface area contributed by atoms with Crippen LogP contribution < -0.4 is 5.43 Å². The topological polar surface area (TPSA) is 102 Å². The Morgan fingerprint density at radius 1 is 1.00 bits per heavy atom. The number of carbonyl (C=O) groups is 3. The van der Waals surface area contributed by atoms with Crippen molar-refractivity contribution in [3.05, 3.63) is 69.6 Å². The highest BCUT2D eigenvalue weighted by Gasteiger charge is 2.24. The maximum atomic E-state index is 12.8. The molecule has 0 aliphatic rings. The number of aldehydes is 2. The van der Waals surface area contributed by atoms with Gasteiger partial charge in [0.1, 0.15) is 5.58 Å². The number of aromatic carboxylic acids is 1. The zero-order valence-corrected chi connectivity index (χ0v) is 12.2. The highest BCUT2D eigenvalue weighted by molar-refractivity contribution is 6.03.